The normalized spacial score (nSPS) is 11.8. The molecule has 0 bridgehead atoms. The maximum atomic E-state index is 13.0. The molecule has 0 N–H and O–H groups in total. The van der Waals surface area contributed by atoms with Crippen LogP contribution >= 0.6 is 11.3 Å². The molecule has 6 heteroatoms. The van der Waals surface area contributed by atoms with Crippen LogP contribution in [0.1, 0.15) is 18.9 Å². The maximum Gasteiger partial charge on any atom is 0.416 e. The zero-order chi connectivity index (χ0) is 16.4. The zero-order valence-corrected chi connectivity index (χ0v) is 13.3. The van der Waals surface area contributed by atoms with Crippen LogP contribution in [0.2, 0.25) is 0 Å². The van der Waals surface area contributed by atoms with Gasteiger partial charge in [-0.1, -0.05) is 6.92 Å². The van der Waals surface area contributed by atoms with Crippen LogP contribution in [-0.2, 0) is 6.18 Å². The summed E-state index contributed by atoms with van der Waals surface area (Å²) in [5, 5.41) is 2.55. The van der Waals surface area contributed by atoms with E-state index in [2.05, 4.69) is 4.98 Å². The molecule has 3 rings (SSSR count). The number of fused-ring (bicyclic) bond motifs is 1. The Morgan fingerprint density at radius 2 is 1.87 bits per heavy atom. The third-order valence-electron chi connectivity index (χ3n) is 3.59. The monoisotopic (exact) mass is 336 g/mol. The minimum absolute atomic E-state index is 0.615. The summed E-state index contributed by atoms with van der Waals surface area (Å²) in [5.74, 6) is 0. The largest absolute Gasteiger partial charge is 0.416 e. The highest BCUT2D eigenvalue weighted by molar-refractivity contribution is 7.17. The molecule has 0 amide bonds. The van der Waals surface area contributed by atoms with Gasteiger partial charge in [0, 0.05) is 40.1 Å². The van der Waals surface area contributed by atoms with Crippen molar-refractivity contribution in [1.82, 2.24) is 4.98 Å². The van der Waals surface area contributed by atoms with E-state index in [-0.39, 0.29) is 0 Å². The number of pyridine rings is 1. The topological polar surface area (TPSA) is 16.1 Å². The molecular weight excluding hydrogens is 321 g/mol. The van der Waals surface area contributed by atoms with Gasteiger partial charge >= 0.3 is 6.18 Å². The van der Waals surface area contributed by atoms with Gasteiger partial charge in [0.15, 0.2) is 0 Å². The van der Waals surface area contributed by atoms with E-state index in [4.69, 9.17) is 0 Å². The molecule has 0 aliphatic heterocycles. The number of halogens is 3. The first-order chi connectivity index (χ1) is 11.0. The molecule has 3 aromatic rings. The number of alkyl halides is 3. The first kappa shape index (κ1) is 15.8. The standard InChI is InChI=1S/C17H15F3N2S/c1-2-9-22(13-5-7-21-8-6-13)15-11-23-16-4-3-12(10-14(15)16)17(18,19)20/h3-8,10-11H,2,9H2,1H3. The van der Waals surface area contributed by atoms with Gasteiger partial charge in [-0.05, 0) is 36.8 Å². The average molecular weight is 336 g/mol. The minimum atomic E-state index is -4.33. The van der Waals surface area contributed by atoms with Gasteiger partial charge in [0.2, 0.25) is 0 Å². The summed E-state index contributed by atoms with van der Waals surface area (Å²) < 4.78 is 39.9. The van der Waals surface area contributed by atoms with Gasteiger partial charge in [-0.3, -0.25) is 4.98 Å². The van der Waals surface area contributed by atoms with Gasteiger partial charge in [-0.2, -0.15) is 13.2 Å². The summed E-state index contributed by atoms with van der Waals surface area (Å²) >= 11 is 1.46. The van der Waals surface area contributed by atoms with Crippen LogP contribution in [0.15, 0.2) is 48.1 Å². The maximum absolute atomic E-state index is 13.0. The van der Waals surface area contributed by atoms with Gasteiger partial charge in [-0.15, -0.1) is 11.3 Å². The Morgan fingerprint density at radius 1 is 1.13 bits per heavy atom. The van der Waals surface area contributed by atoms with Gasteiger partial charge in [-0.25, -0.2) is 0 Å². The summed E-state index contributed by atoms with van der Waals surface area (Å²) in [6.45, 7) is 2.77. The molecule has 0 fully saturated rings. The lowest BCUT2D eigenvalue weighted by molar-refractivity contribution is -0.137. The van der Waals surface area contributed by atoms with Crippen LogP contribution < -0.4 is 4.90 Å². The summed E-state index contributed by atoms with van der Waals surface area (Å²) in [6, 6.07) is 7.66. The second-order valence-corrected chi connectivity index (χ2v) is 6.10. The molecule has 2 nitrogen and oxygen atoms in total. The molecule has 0 spiro atoms. The van der Waals surface area contributed by atoms with Crippen molar-refractivity contribution in [3.05, 3.63) is 53.7 Å². The quantitative estimate of drug-likeness (QED) is 0.593. The predicted octanol–water partition coefficient (Wildman–Crippen LogP) is 5.86. The number of nitrogens with zero attached hydrogens (tertiary/aromatic N) is 2. The third-order valence-corrected chi connectivity index (χ3v) is 4.54. The van der Waals surface area contributed by atoms with Crippen molar-refractivity contribution in [1.29, 1.82) is 0 Å². The highest BCUT2D eigenvalue weighted by Crippen LogP contribution is 2.40. The second kappa shape index (κ2) is 6.20. The average Bonchev–Trinajstić information content (AvgIpc) is 2.95. The van der Waals surface area contributed by atoms with E-state index < -0.39 is 11.7 Å². The van der Waals surface area contributed by atoms with Crippen molar-refractivity contribution in [2.24, 2.45) is 0 Å². The molecule has 0 atom stereocenters. The molecule has 120 valence electrons. The van der Waals surface area contributed by atoms with E-state index >= 15 is 0 Å². The van der Waals surface area contributed by atoms with Crippen molar-refractivity contribution in [3.63, 3.8) is 0 Å². The fourth-order valence-corrected chi connectivity index (χ4v) is 3.47. The van der Waals surface area contributed by atoms with E-state index in [1.807, 2.05) is 29.3 Å². The minimum Gasteiger partial charge on any atom is -0.340 e. The molecule has 0 aliphatic carbocycles. The number of anilines is 2. The Bertz CT molecular complexity index is 796. The van der Waals surface area contributed by atoms with Gasteiger partial charge in [0.25, 0.3) is 0 Å². The molecule has 0 saturated carbocycles. The molecule has 0 radical (unpaired) electrons. The number of hydrogen-bond acceptors (Lipinski definition) is 3. The Balaban J connectivity index is 2.13. The highest BCUT2D eigenvalue weighted by atomic mass is 32.1. The SMILES string of the molecule is CCCN(c1ccncc1)c1csc2ccc(C(F)(F)F)cc12. The number of hydrogen-bond donors (Lipinski definition) is 0. The third kappa shape index (κ3) is 3.17. The van der Waals surface area contributed by atoms with Crippen LogP contribution in [0.5, 0.6) is 0 Å². The Hall–Kier alpha value is -2.08. The van der Waals surface area contributed by atoms with Gasteiger partial charge in [0.05, 0.1) is 11.3 Å². The Labute approximate surface area is 136 Å². The second-order valence-electron chi connectivity index (χ2n) is 5.19. The van der Waals surface area contributed by atoms with Crippen LogP contribution in [0.3, 0.4) is 0 Å². The van der Waals surface area contributed by atoms with E-state index in [0.29, 0.717) is 5.39 Å². The Kier molecular flexibility index (Phi) is 4.26. The Morgan fingerprint density at radius 3 is 2.52 bits per heavy atom. The fourth-order valence-electron chi connectivity index (χ4n) is 2.54. The molecule has 2 aromatic heterocycles. The summed E-state index contributed by atoms with van der Waals surface area (Å²) in [4.78, 5) is 6.05. The predicted molar refractivity (Wildman–Crippen MR) is 88.4 cm³/mol. The van der Waals surface area contributed by atoms with E-state index in [9.17, 15) is 13.2 Å². The van der Waals surface area contributed by atoms with Crippen molar-refractivity contribution in [3.8, 4) is 0 Å². The van der Waals surface area contributed by atoms with Crippen LogP contribution in [0, 0.1) is 0 Å². The number of rotatable bonds is 4. The van der Waals surface area contributed by atoms with E-state index in [1.54, 1.807) is 18.5 Å². The van der Waals surface area contributed by atoms with Crippen LogP contribution in [-0.4, -0.2) is 11.5 Å². The highest BCUT2D eigenvalue weighted by Gasteiger charge is 2.31. The van der Waals surface area contributed by atoms with E-state index in [0.717, 1.165) is 35.1 Å². The summed E-state index contributed by atoms with van der Waals surface area (Å²) in [7, 11) is 0. The molecule has 1 aromatic carbocycles. The number of thiophene rings is 1. The smallest absolute Gasteiger partial charge is 0.340 e. The summed E-state index contributed by atoms with van der Waals surface area (Å²) in [5.41, 5.74) is 1.12. The molecule has 0 saturated heterocycles. The first-order valence-electron chi connectivity index (χ1n) is 7.26. The lowest BCUT2D eigenvalue weighted by atomic mass is 10.1. The van der Waals surface area contributed by atoms with Crippen molar-refractivity contribution >= 4 is 32.8 Å². The summed E-state index contributed by atoms with van der Waals surface area (Å²) in [6.07, 6.45) is -0.0698. The van der Waals surface area contributed by atoms with E-state index in [1.165, 1.54) is 17.4 Å². The van der Waals surface area contributed by atoms with Crippen molar-refractivity contribution in [2.45, 2.75) is 19.5 Å². The van der Waals surface area contributed by atoms with Gasteiger partial charge < -0.3 is 4.90 Å². The van der Waals surface area contributed by atoms with Crippen molar-refractivity contribution < 1.29 is 13.2 Å². The lowest BCUT2D eigenvalue weighted by Crippen LogP contribution is -2.17. The molecule has 0 unspecified atom stereocenters. The van der Waals surface area contributed by atoms with Crippen LogP contribution in [0.25, 0.3) is 10.1 Å². The fraction of sp³-hybridized carbons (Fsp3) is 0.235. The lowest BCUT2D eigenvalue weighted by Gasteiger charge is -2.24. The molecule has 0 aliphatic rings. The first-order valence-corrected chi connectivity index (χ1v) is 8.14. The number of aromatic nitrogens is 1. The molecule has 2 heterocycles. The molecule has 23 heavy (non-hydrogen) atoms. The zero-order valence-electron chi connectivity index (χ0n) is 12.5. The molecular formula is C17H15F3N2S. The van der Waals surface area contributed by atoms with Gasteiger partial charge in [0.1, 0.15) is 0 Å². The van der Waals surface area contributed by atoms with Crippen LogP contribution in [0.4, 0.5) is 24.5 Å². The van der Waals surface area contributed by atoms with Crippen molar-refractivity contribution in [2.75, 3.05) is 11.4 Å². The number of benzene rings is 1.